The molecule has 0 aliphatic carbocycles. The number of carbonyl (C=O) groups is 1. The van der Waals surface area contributed by atoms with Crippen LogP contribution in [0.2, 0.25) is 5.02 Å². The fourth-order valence-electron chi connectivity index (χ4n) is 1.17. The van der Waals surface area contributed by atoms with Gasteiger partial charge >= 0.3 is 5.97 Å². The number of hydrogen-bond donors (Lipinski definition) is 1. The van der Waals surface area contributed by atoms with Crippen LogP contribution in [0, 0.1) is 5.82 Å². The van der Waals surface area contributed by atoms with Crippen LogP contribution >= 0.6 is 11.6 Å². The Morgan fingerprint density at radius 3 is 2.50 bits per heavy atom. The van der Waals surface area contributed by atoms with Crippen LogP contribution in [0.1, 0.15) is 35.7 Å². The van der Waals surface area contributed by atoms with E-state index in [2.05, 4.69) is 0 Å². The van der Waals surface area contributed by atoms with Crippen molar-refractivity contribution in [3.8, 4) is 0 Å². The first-order valence-electron chi connectivity index (χ1n) is 4.15. The van der Waals surface area contributed by atoms with Crippen molar-refractivity contribution in [2.45, 2.75) is 19.8 Å². The minimum atomic E-state index is -1.22. The number of aromatic carboxylic acids is 1. The summed E-state index contributed by atoms with van der Waals surface area (Å²) in [6, 6.07) is 2.32. The summed E-state index contributed by atoms with van der Waals surface area (Å²) in [5.41, 5.74) is 0.230. The van der Waals surface area contributed by atoms with Gasteiger partial charge in [0.2, 0.25) is 0 Å². The van der Waals surface area contributed by atoms with Crippen molar-refractivity contribution in [2.24, 2.45) is 0 Å². The molecule has 0 radical (unpaired) electrons. The van der Waals surface area contributed by atoms with Gasteiger partial charge in [0.05, 0.1) is 10.6 Å². The molecule has 0 saturated carbocycles. The average molecular weight is 217 g/mol. The van der Waals surface area contributed by atoms with Crippen LogP contribution in [0.5, 0.6) is 0 Å². The Labute approximate surface area is 86.3 Å². The van der Waals surface area contributed by atoms with Crippen molar-refractivity contribution in [3.05, 3.63) is 34.1 Å². The van der Waals surface area contributed by atoms with E-state index in [4.69, 9.17) is 16.7 Å². The zero-order chi connectivity index (χ0) is 10.9. The minimum Gasteiger partial charge on any atom is -0.478 e. The Hall–Kier alpha value is -1.09. The molecule has 1 aromatic rings. The first kappa shape index (κ1) is 11.0. The lowest BCUT2D eigenvalue weighted by Gasteiger charge is -2.08. The molecule has 0 aliphatic rings. The quantitative estimate of drug-likeness (QED) is 0.824. The smallest absolute Gasteiger partial charge is 0.337 e. The highest BCUT2D eigenvalue weighted by molar-refractivity contribution is 6.33. The van der Waals surface area contributed by atoms with Gasteiger partial charge in [0.25, 0.3) is 0 Å². The summed E-state index contributed by atoms with van der Waals surface area (Å²) in [6.07, 6.45) is 0. The largest absolute Gasteiger partial charge is 0.478 e. The van der Waals surface area contributed by atoms with Crippen LogP contribution in [0.3, 0.4) is 0 Å². The molecule has 0 fully saturated rings. The van der Waals surface area contributed by atoms with E-state index in [-0.39, 0.29) is 16.5 Å². The summed E-state index contributed by atoms with van der Waals surface area (Å²) in [4.78, 5) is 10.6. The maximum atomic E-state index is 13.3. The van der Waals surface area contributed by atoms with Crippen molar-refractivity contribution in [1.82, 2.24) is 0 Å². The molecule has 14 heavy (non-hydrogen) atoms. The fourth-order valence-corrected chi connectivity index (χ4v) is 1.42. The summed E-state index contributed by atoms with van der Waals surface area (Å²) in [7, 11) is 0. The lowest BCUT2D eigenvalue weighted by atomic mass is 10.0. The normalized spacial score (nSPS) is 10.6. The standard InChI is InChI=1S/C10H10ClFO2/c1-5(2)6-3-8(11)7(10(13)14)4-9(6)12/h3-5H,1-2H3,(H,13,14). The number of carboxylic acids is 1. The fraction of sp³-hybridized carbons (Fsp3) is 0.300. The van der Waals surface area contributed by atoms with Gasteiger partial charge in [0.1, 0.15) is 5.82 Å². The van der Waals surface area contributed by atoms with E-state index in [0.717, 1.165) is 6.07 Å². The third-order valence-corrected chi connectivity index (χ3v) is 2.25. The van der Waals surface area contributed by atoms with Gasteiger partial charge in [-0.05, 0) is 23.6 Å². The molecule has 0 unspecified atom stereocenters. The van der Waals surface area contributed by atoms with E-state index < -0.39 is 11.8 Å². The number of carboxylic acid groups (broad SMARTS) is 1. The summed E-state index contributed by atoms with van der Waals surface area (Å²) in [5, 5.41) is 8.74. The lowest BCUT2D eigenvalue weighted by molar-refractivity contribution is 0.0696. The second-order valence-electron chi connectivity index (χ2n) is 3.31. The van der Waals surface area contributed by atoms with Gasteiger partial charge in [0.15, 0.2) is 0 Å². The molecule has 0 atom stereocenters. The molecule has 0 amide bonds. The summed E-state index contributed by atoms with van der Waals surface area (Å²) in [6.45, 7) is 3.63. The van der Waals surface area contributed by atoms with Gasteiger partial charge in [-0.25, -0.2) is 9.18 Å². The van der Waals surface area contributed by atoms with Gasteiger partial charge in [-0.3, -0.25) is 0 Å². The van der Waals surface area contributed by atoms with Crippen molar-refractivity contribution in [1.29, 1.82) is 0 Å². The zero-order valence-electron chi connectivity index (χ0n) is 7.84. The molecule has 0 bridgehead atoms. The van der Waals surface area contributed by atoms with E-state index in [1.165, 1.54) is 6.07 Å². The van der Waals surface area contributed by atoms with Gasteiger partial charge in [-0.15, -0.1) is 0 Å². The van der Waals surface area contributed by atoms with Crippen LogP contribution in [0.4, 0.5) is 4.39 Å². The van der Waals surface area contributed by atoms with Crippen LogP contribution in [-0.4, -0.2) is 11.1 Å². The van der Waals surface area contributed by atoms with E-state index in [9.17, 15) is 9.18 Å². The number of hydrogen-bond acceptors (Lipinski definition) is 1. The predicted octanol–water partition coefficient (Wildman–Crippen LogP) is 3.30. The molecule has 2 nitrogen and oxygen atoms in total. The Balaban J connectivity index is 3.31. The van der Waals surface area contributed by atoms with Crippen LogP contribution in [-0.2, 0) is 0 Å². The highest BCUT2D eigenvalue weighted by atomic mass is 35.5. The molecule has 76 valence electrons. The van der Waals surface area contributed by atoms with Gasteiger partial charge < -0.3 is 5.11 Å². The van der Waals surface area contributed by atoms with E-state index in [0.29, 0.717) is 5.56 Å². The van der Waals surface area contributed by atoms with Crippen LogP contribution in [0.25, 0.3) is 0 Å². The molecule has 0 spiro atoms. The summed E-state index contributed by atoms with van der Waals surface area (Å²) >= 11 is 5.69. The molecule has 0 aromatic heterocycles. The van der Waals surface area contributed by atoms with Gasteiger partial charge in [0, 0.05) is 0 Å². The SMILES string of the molecule is CC(C)c1cc(Cl)c(C(=O)O)cc1F. The third-order valence-electron chi connectivity index (χ3n) is 1.94. The maximum absolute atomic E-state index is 13.3. The first-order valence-corrected chi connectivity index (χ1v) is 4.53. The second-order valence-corrected chi connectivity index (χ2v) is 3.72. The maximum Gasteiger partial charge on any atom is 0.337 e. The Morgan fingerprint density at radius 1 is 1.50 bits per heavy atom. The molecule has 0 heterocycles. The Morgan fingerprint density at radius 2 is 2.07 bits per heavy atom. The average Bonchev–Trinajstić information content (AvgIpc) is 2.07. The highest BCUT2D eigenvalue weighted by Gasteiger charge is 2.15. The van der Waals surface area contributed by atoms with Gasteiger partial charge in [-0.1, -0.05) is 25.4 Å². The molecule has 0 aliphatic heterocycles. The molecular weight excluding hydrogens is 207 g/mol. The first-order chi connectivity index (χ1) is 6.43. The molecular formula is C10H10ClFO2. The molecule has 1 N–H and O–H groups in total. The zero-order valence-corrected chi connectivity index (χ0v) is 8.60. The summed E-state index contributed by atoms with van der Waals surface area (Å²) in [5.74, 6) is -1.76. The van der Waals surface area contributed by atoms with Crippen molar-refractivity contribution < 1.29 is 14.3 Å². The van der Waals surface area contributed by atoms with E-state index >= 15 is 0 Å². The van der Waals surface area contributed by atoms with E-state index in [1.54, 1.807) is 0 Å². The van der Waals surface area contributed by atoms with Gasteiger partial charge in [-0.2, -0.15) is 0 Å². The summed E-state index contributed by atoms with van der Waals surface area (Å²) < 4.78 is 13.3. The Kier molecular flexibility index (Phi) is 3.11. The van der Waals surface area contributed by atoms with E-state index in [1.807, 2.05) is 13.8 Å². The van der Waals surface area contributed by atoms with Crippen molar-refractivity contribution >= 4 is 17.6 Å². The number of rotatable bonds is 2. The molecule has 1 aromatic carbocycles. The lowest BCUT2D eigenvalue weighted by Crippen LogP contribution is -2.02. The number of benzene rings is 1. The third kappa shape index (κ3) is 2.04. The molecule has 1 rings (SSSR count). The number of halogens is 2. The molecule has 0 saturated heterocycles. The molecule has 4 heteroatoms. The van der Waals surface area contributed by atoms with Crippen molar-refractivity contribution in [3.63, 3.8) is 0 Å². The monoisotopic (exact) mass is 216 g/mol. The van der Waals surface area contributed by atoms with Crippen molar-refractivity contribution in [2.75, 3.05) is 0 Å². The Bertz CT molecular complexity index is 375. The van der Waals surface area contributed by atoms with Crippen LogP contribution in [0.15, 0.2) is 12.1 Å². The minimum absolute atomic E-state index is 0.0182. The topological polar surface area (TPSA) is 37.3 Å². The van der Waals surface area contributed by atoms with Crippen LogP contribution < -0.4 is 0 Å². The highest BCUT2D eigenvalue weighted by Crippen LogP contribution is 2.25. The second kappa shape index (κ2) is 3.96. The predicted molar refractivity (Wildman–Crippen MR) is 52.5 cm³/mol.